The number of rotatable bonds is 4. The van der Waals surface area contributed by atoms with Gasteiger partial charge in [-0.05, 0) is 0 Å². The molecule has 0 aliphatic carbocycles. The van der Waals surface area contributed by atoms with E-state index >= 15 is 0 Å². The maximum atomic E-state index is 11.4. The highest BCUT2D eigenvalue weighted by molar-refractivity contribution is 7.89. The Hall–Kier alpha value is -0.740. The summed E-state index contributed by atoms with van der Waals surface area (Å²) in [4.78, 5) is 0. The summed E-state index contributed by atoms with van der Waals surface area (Å²) in [5, 5.41) is 7.91. The van der Waals surface area contributed by atoms with Gasteiger partial charge in [-0.15, -0.1) is 0 Å². The van der Waals surface area contributed by atoms with Crippen molar-refractivity contribution in [2.24, 2.45) is 0 Å². The van der Waals surface area contributed by atoms with Crippen molar-refractivity contribution in [1.29, 1.82) is 5.26 Å². The van der Waals surface area contributed by atoms with Gasteiger partial charge in [0.15, 0.2) is 5.75 Å². The van der Waals surface area contributed by atoms with Gasteiger partial charge in [0, 0.05) is 0 Å². The molecular weight excluding hydrogens is 178 g/mol. The molecule has 0 bridgehead atoms. The van der Waals surface area contributed by atoms with Crippen molar-refractivity contribution in [3.05, 3.63) is 0 Å². The van der Waals surface area contributed by atoms with Crippen molar-refractivity contribution in [2.75, 3.05) is 12.3 Å². The van der Waals surface area contributed by atoms with E-state index in [4.69, 9.17) is 5.26 Å². The smallest absolute Gasteiger partial charge is 0.211 e. The number of alkyl halides is 2. The molecule has 0 saturated carbocycles. The van der Waals surface area contributed by atoms with Crippen LogP contribution in [0.1, 0.15) is 0 Å². The number of hydrogen-bond acceptors (Lipinski definition) is 3. The van der Waals surface area contributed by atoms with Crippen molar-refractivity contribution in [3.8, 4) is 6.07 Å². The van der Waals surface area contributed by atoms with E-state index in [1.807, 2.05) is 0 Å². The summed E-state index contributed by atoms with van der Waals surface area (Å²) in [6.07, 6.45) is -2.73. The van der Waals surface area contributed by atoms with Crippen LogP contribution in [0.3, 0.4) is 0 Å². The molecule has 0 fully saturated rings. The Kier molecular flexibility index (Phi) is 3.92. The van der Waals surface area contributed by atoms with Crippen molar-refractivity contribution in [3.63, 3.8) is 0 Å². The van der Waals surface area contributed by atoms with Gasteiger partial charge in [-0.2, -0.15) is 5.26 Å². The molecule has 64 valence electrons. The molecule has 0 aromatic heterocycles. The van der Waals surface area contributed by atoms with Gasteiger partial charge in [0.2, 0.25) is 10.0 Å². The minimum Gasteiger partial charge on any atom is -0.211 e. The zero-order chi connectivity index (χ0) is 8.91. The van der Waals surface area contributed by atoms with Crippen LogP contribution in [0.15, 0.2) is 0 Å². The Bertz CT molecular complexity index is 243. The average Bonchev–Trinajstić information content (AvgIpc) is 1.84. The third-order valence-corrected chi connectivity index (χ3v) is 1.83. The van der Waals surface area contributed by atoms with Gasteiger partial charge in [-0.25, -0.2) is 21.9 Å². The summed E-state index contributed by atoms with van der Waals surface area (Å²) in [6, 6.07) is 1.34. The SMILES string of the molecule is N#CCS(=O)(=O)NCC(F)F. The molecule has 0 aliphatic rings. The fourth-order valence-corrected chi connectivity index (χ4v) is 0.978. The lowest BCUT2D eigenvalue weighted by molar-refractivity contribution is 0.153. The van der Waals surface area contributed by atoms with Crippen LogP contribution in [0, 0.1) is 11.3 Å². The van der Waals surface area contributed by atoms with Crippen LogP contribution in [0.5, 0.6) is 0 Å². The van der Waals surface area contributed by atoms with Crippen LogP contribution in [-0.4, -0.2) is 27.1 Å². The molecule has 0 saturated heterocycles. The molecule has 7 heteroatoms. The Morgan fingerprint density at radius 1 is 1.55 bits per heavy atom. The minimum atomic E-state index is -3.82. The van der Waals surface area contributed by atoms with Crippen LogP contribution in [0.4, 0.5) is 8.78 Å². The molecule has 1 N–H and O–H groups in total. The topological polar surface area (TPSA) is 70.0 Å². The van der Waals surface area contributed by atoms with Gasteiger partial charge >= 0.3 is 0 Å². The highest BCUT2D eigenvalue weighted by Crippen LogP contribution is 1.90. The summed E-state index contributed by atoms with van der Waals surface area (Å²) < 4.78 is 45.3. The lowest BCUT2D eigenvalue weighted by Gasteiger charge is -2.00. The predicted octanol–water partition coefficient (Wildman–Crippen LogP) is -0.306. The fourth-order valence-electron chi connectivity index (χ4n) is 0.326. The first kappa shape index (κ1) is 10.3. The molecule has 0 unspecified atom stereocenters. The van der Waals surface area contributed by atoms with Crippen molar-refractivity contribution in [1.82, 2.24) is 4.72 Å². The predicted molar refractivity (Wildman–Crippen MR) is 33.4 cm³/mol. The molecule has 11 heavy (non-hydrogen) atoms. The Morgan fingerprint density at radius 2 is 2.09 bits per heavy atom. The minimum absolute atomic E-state index is 0.792. The monoisotopic (exact) mass is 184 g/mol. The van der Waals surface area contributed by atoms with Gasteiger partial charge in [0.05, 0.1) is 12.6 Å². The van der Waals surface area contributed by atoms with E-state index in [1.54, 1.807) is 4.72 Å². The number of sulfonamides is 1. The first-order valence-corrected chi connectivity index (χ1v) is 4.25. The maximum Gasteiger partial charge on any atom is 0.251 e. The summed E-state index contributed by atoms with van der Waals surface area (Å²) in [7, 11) is -3.82. The summed E-state index contributed by atoms with van der Waals surface area (Å²) in [5.74, 6) is -0.792. The second-order valence-corrected chi connectivity index (χ2v) is 3.46. The van der Waals surface area contributed by atoms with Gasteiger partial charge in [-0.3, -0.25) is 0 Å². The molecule has 0 heterocycles. The number of nitrogens with zero attached hydrogens (tertiary/aromatic N) is 1. The van der Waals surface area contributed by atoms with Gasteiger partial charge in [-0.1, -0.05) is 0 Å². The van der Waals surface area contributed by atoms with E-state index < -0.39 is 28.7 Å². The standard InChI is InChI=1S/C4H6F2N2O2S/c5-4(6)3-8-11(9,10)2-1-7/h4,8H,2-3H2. The maximum absolute atomic E-state index is 11.4. The number of nitrogens with one attached hydrogen (secondary N) is 1. The molecule has 4 nitrogen and oxygen atoms in total. The van der Waals surface area contributed by atoms with E-state index in [-0.39, 0.29) is 0 Å². The normalized spacial score (nSPS) is 11.5. The van der Waals surface area contributed by atoms with Crippen LogP contribution in [0.25, 0.3) is 0 Å². The zero-order valence-electron chi connectivity index (χ0n) is 5.42. The third-order valence-electron chi connectivity index (χ3n) is 0.712. The molecular formula is C4H6F2N2O2S. The first-order valence-electron chi connectivity index (χ1n) is 2.60. The van der Waals surface area contributed by atoms with Crippen LogP contribution in [0.2, 0.25) is 0 Å². The second kappa shape index (κ2) is 4.20. The van der Waals surface area contributed by atoms with E-state index in [0.29, 0.717) is 0 Å². The molecule has 0 amide bonds. The van der Waals surface area contributed by atoms with Crippen molar-refractivity contribution >= 4 is 10.0 Å². The molecule has 0 rings (SSSR count). The Balaban J connectivity index is 3.87. The van der Waals surface area contributed by atoms with E-state index in [9.17, 15) is 17.2 Å². The Labute approximate surface area is 62.9 Å². The molecule has 0 aliphatic heterocycles. The quantitative estimate of drug-likeness (QED) is 0.651. The number of hydrogen-bond donors (Lipinski definition) is 1. The van der Waals surface area contributed by atoms with Crippen LogP contribution in [-0.2, 0) is 10.0 Å². The lowest BCUT2D eigenvalue weighted by Crippen LogP contribution is -2.30. The van der Waals surface area contributed by atoms with E-state index in [2.05, 4.69) is 0 Å². The zero-order valence-corrected chi connectivity index (χ0v) is 6.24. The number of nitriles is 1. The number of halogens is 2. The molecule has 0 radical (unpaired) electrons. The van der Waals surface area contributed by atoms with Crippen LogP contribution < -0.4 is 4.72 Å². The summed E-state index contributed by atoms with van der Waals surface area (Å²) in [5.41, 5.74) is 0. The molecule has 0 aromatic rings. The molecule has 0 aromatic carbocycles. The van der Waals surface area contributed by atoms with Gasteiger partial charge in [0.1, 0.15) is 0 Å². The molecule has 0 atom stereocenters. The van der Waals surface area contributed by atoms with E-state index in [0.717, 1.165) is 0 Å². The fraction of sp³-hybridized carbons (Fsp3) is 0.750. The Morgan fingerprint density at radius 3 is 2.45 bits per heavy atom. The molecule has 0 spiro atoms. The summed E-state index contributed by atoms with van der Waals surface area (Å²) >= 11 is 0. The summed E-state index contributed by atoms with van der Waals surface area (Å²) in [6.45, 7) is -0.940. The van der Waals surface area contributed by atoms with Crippen molar-refractivity contribution in [2.45, 2.75) is 6.43 Å². The average molecular weight is 184 g/mol. The lowest BCUT2D eigenvalue weighted by atomic mass is 10.7. The van der Waals surface area contributed by atoms with Crippen molar-refractivity contribution < 1.29 is 17.2 Å². The van der Waals surface area contributed by atoms with Gasteiger partial charge in [0.25, 0.3) is 6.43 Å². The van der Waals surface area contributed by atoms with E-state index in [1.165, 1.54) is 6.07 Å². The first-order chi connectivity index (χ1) is 4.98. The largest absolute Gasteiger partial charge is 0.251 e. The third kappa shape index (κ3) is 5.69. The van der Waals surface area contributed by atoms with Gasteiger partial charge < -0.3 is 0 Å². The highest BCUT2D eigenvalue weighted by Gasteiger charge is 2.11. The van der Waals surface area contributed by atoms with Crippen LogP contribution >= 0.6 is 0 Å². The second-order valence-electron chi connectivity index (χ2n) is 1.66. The highest BCUT2D eigenvalue weighted by atomic mass is 32.2.